The van der Waals surface area contributed by atoms with E-state index >= 15 is 0 Å². The van der Waals surface area contributed by atoms with Crippen LogP contribution in [0, 0.1) is 5.82 Å². The average Bonchev–Trinajstić information content (AvgIpc) is 2.62. The third-order valence-corrected chi connectivity index (χ3v) is 3.57. The molecule has 0 radical (unpaired) electrons. The molecule has 140 valence electrons. The SMILES string of the molecule is COc1cc(NCCN)cc(NC(=O)Nc2cc(F)ccc2CCO)c1. The zero-order valence-electron chi connectivity index (χ0n) is 14.5. The second kappa shape index (κ2) is 9.59. The molecule has 0 aromatic heterocycles. The lowest BCUT2D eigenvalue weighted by Gasteiger charge is -2.14. The summed E-state index contributed by atoms with van der Waals surface area (Å²) in [7, 11) is 1.53. The second-order valence-electron chi connectivity index (χ2n) is 5.52. The number of ether oxygens (including phenoxy) is 1. The number of benzene rings is 2. The lowest BCUT2D eigenvalue weighted by Crippen LogP contribution is -2.21. The van der Waals surface area contributed by atoms with Crippen LogP contribution in [0.1, 0.15) is 5.56 Å². The standard InChI is InChI=1S/C18H23FN4O3/c1-26-16-10-14(21-6-5-20)9-15(11-16)22-18(25)23-17-8-13(19)3-2-12(17)4-7-24/h2-3,8-11,21,24H,4-7,20H2,1H3,(H2,22,23,25). The number of aliphatic hydroxyl groups is 1. The third kappa shape index (κ3) is 5.61. The van der Waals surface area contributed by atoms with Crippen molar-refractivity contribution >= 4 is 23.1 Å². The maximum atomic E-state index is 13.5. The van der Waals surface area contributed by atoms with Crippen LogP contribution in [-0.2, 0) is 6.42 Å². The van der Waals surface area contributed by atoms with Crippen molar-refractivity contribution in [2.24, 2.45) is 5.73 Å². The third-order valence-electron chi connectivity index (χ3n) is 3.57. The van der Waals surface area contributed by atoms with E-state index in [1.54, 1.807) is 18.2 Å². The van der Waals surface area contributed by atoms with Crippen LogP contribution < -0.4 is 26.4 Å². The quantitative estimate of drug-likeness (QED) is 0.495. The molecule has 0 aliphatic rings. The molecule has 0 saturated heterocycles. The predicted molar refractivity (Wildman–Crippen MR) is 100 cm³/mol. The van der Waals surface area contributed by atoms with Crippen molar-refractivity contribution < 1.29 is 19.0 Å². The average molecular weight is 362 g/mol. The molecule has 2 aromatic rings. The summed E-state index contributed by atoms with van der Waals surface area (Å²) in [4.78, 5) is 12.3. The molecule has 2 amide bonds. The molecule has 0 unspecified atom stereocenters. The van der Waals surface area contributed by atoms with E-state index in [4.69, 9.17) is 15.6 Å². The summed E-state index contributed by atoms with van der Waals surface area (Å²) in [5.41, 5.74) is 7.67. The molecule has 26 heavy (non-hydrogen) atoms. The second-order valence-corrected chi connectivity index (χ2v) is 5.52. The van der Waals surface area contributed by atoms with Gasteiger partial charge in [-0.05, 0) is 30.2 Å². The number of aliphatic hydroxyl groups excluding tert-OH is 1. The highest BCUT2D eigenvalue weighted by atomic mass is 19.1. The summed E-state index contributed by atoms with van der Waals surface area (Å²) in [5, 5.41) is 17.5. The molecule has 0 aliphatic heterocycles. The number of carbonyl (C=O) groups excluding carboxylic acids is 1. The molecular formula is C18H23FN4O3. The molecule has 2 aromatic carbocycles. The number of methoxy groups -OCH3 is 1. The first-order chi connectivity index (χ1) is 12.5. The van der Waals surface area contributed by atoms with E-state index in [0.29, 0.717) is 42.2 Å². The molecule has 0 heterocycles. The van der Waals surface area contributed by atoms with Gasteiger partial charge in [0, 0.05) is 48.9 Å². The van der Waals surface area contributed by atoms with E-state index in [9.17, 15) is 9.18 Å². The fraction of sp³-hybridized carbons (Fsp3) is 0.278. The Balaban J connectivity index is 2.13. The molecule has 8 heteroatoms. The molecule has 0 fully saturated rings. The number of amides is 2. The van der Waals surface area contributed by atoms with Crippen LogP contribution in [-0.4, -0.2) is 37.9 Å². The molecule has 2 rings (SSSR count). The highest BCUT2D eigenvalue weighted by Crippen LogP contribution is 2.25. The van der Waals surface area contributed by atoms with Crippen molar-refractivity contribution in [3.8, 4) is 5.75 Å². The number of hydrogen-bond donors (Lipinski definition) is 5. The van der Waals surface area contributed by atoms with Gasteiger partial charge in [0.15, 0.2) is 0 Å². The van der Waals surface area contributed by atoms with E-state index in [0.717, 1.165) is 5.69 Å². The van der Waals surface area contributed by atoms with E-state index in [2.05, 4.69) is 16.0 Å². The van der Waals surface area contributed by atoms with E-state index in [1.165, 1.54) is 25.3 Å². The Morgan fingerprint density at radius 3 is 2.65 bits per heavy atom. The largest absolute Gasteiger partial charge is 0.497 e. The molecule has 0 bridgehead atoms. The van der Waals surface area contributed by atoms with Gasteiger partial charge in [-0.25, -0.2) is 9.18 Å². The van der Waals surface area contributed by atoms with Crippen molar-refractivity contribution in [3.05, 3.63) is 47.8 Å². The Morgan fingerprint density at radius 2 is 1.96 bits per heavy atom. The molecule has 0 atom stereocenters. The van der Waals surface area contributed by atoms with E-state index in [-0.39, 0.29) is 6.61 Å². The van der Waals surface area contributed by atoms with Crippen molar-refractivity contribution in [2.45, 2.75) is 6.42 Å². The lowest BCUT2D eigenvalue weighted by molar-refractivity contribution is 0.262. The minimum Gasteiger partial charge on any atom is -0.497 e. The van der Waals surface area contributed by atoms with Crippen LogP contribution in [0.25, 0.3) is 0 Å². The fourth-order valence-electron chi connectivity index (χ4n) is 2.40. The van der Waals surface area contributed by atoms with Gasteiger partial charge in [-0.3, -0.25) is 0 Å². The highest BCUT2D eigenvalue weighted by Gasteiger charge is 2.10. The highest BCUT2D eigenvalue weighted by molar-refractivity contribution is 6.00. The van der Waals surface area contributed by atoms with Crippen LogP contribution >= 0.6 is 0 Å². The number of nitrogens with one attached hydrogen (secondary N) is 3. The molecule has 0 saturated carbocycles. The van der Waals surface area contributed by atoms with Crippen LogP contribution in [0.3, 0.4) is 0 Å². The maximum Gasteiger partial charge on any atom is 0.323 e. The molecule has 6 N–H and O–H groups in total. The topological polar surface area (TPSA) is 109 Å². The fourth-order valence-corrected chi connectivity index (χ4v) is 2.40. The van der Waals surface area contributed by atoms with Crippen molar-refractivity contribution in [3.63, 3.8) is 0 Å². The van der Waals surface area contributed by atoms with Gasteiger partial charge >= 0.3 is 6.03 Å². The Bertz CT molecular complexity index is 755. The zero-order valence-corrected chi connectivity index (χ0v) is 14.5. The summed E-state index contributed by atoms with van der Waals surface area (Å²) in [6.07, 6.45) is 0.308. The van der Waals surface area contributed by atoms with Gasteiger partial charge in [0.1, 0.15) is 11.6 Å². The Hall–Kier alpha value is -2.84. The number of anilines is 3. The summed E-state index contributed by atoms with van der Waals surface area (Å²) in [6.45, 7) is 0.939. The monoisotopic (exact) mass is 362 g/mol. The van der Waals surface area contributed by atoms with Gasteiger partial charge < -0.3 is 31.5 Å². The Morgan fingerprint density at radius 1 is 1.19 bits per heavy atom. The van der Waals surface area contributed by atoms with Crippen LogP contribution in [0.2, 0.25) is 0 Å². The molecule has 7 nitrogen and oxygen atoms in total. The molecule has 0 spiro atoms. The summed E-state index contributed by atoms with van der Waals surface area (Å²) >= 11 is 0. The number of halogens is 1. The maximum absolute atomic E-state index is 13.5. The van der Waals surface area contributed by atoms with Crippen molar-refractivity contribution in [1.29, 1.82) is 0 Å². The normalized spacial score (nSPS) is 10.3. The minimum atomic E-state index is -0.534. The number of hydrogen-bond acceptors (Lipinski definition) is 5. The first kappa shape index (κ1) is 19.5. The summed E-state index contributed by atoms with van der Waals surface area (Å²) < 4.78 is 18.7. The first-order valence-corrected chi connectivity index (χ1v) is 8.16. The molecule has 0 aliphatic carbocycles. The number of urea groups is 1. The number of carbonyl (C=O) groups is 1. The van der Waals surface area contributed by atoms with Crippen molar-refractivity contribution in [2.75, 3.05) is 42.8 Å². The van der Waals surface area contributed by atoms with Crippen molar-refractivity contribution in [1.82, 2.24) is 0 Å². The minimum absolute atomic E-state index is 0.103. The van der Waals surface area contributed by atoms with Gasteiger partial charge in [0.05, 0.1) is 7.11 Å². The molecular weight excluding hydrogens is 339 g/mol. The van der Waals surface area contributed by atoms with Crippen LogP contribution in [0.4, 0.5) is 26.2 Å². The zero-order chi connectivity index (χ0) is 18.9. The van der Waals surface area contributed by atoms with Gasteiger partial charge in [-0.1, -0.05) is 6.07 Å². The first-order valence-electron chi connectivity index (χ1n) is 8.16. The van der Waals surface area contributed by atoms with Gasteiger partial charge in [0.2, 0.25) is 0 Å². The summed E-state index contributed by atoms with van der Waals surface area (Å²) in [5.74, 6) is 0.0886. The van der Waals surface area contributed by atoms with E-state index < -0.39 is 11.8 Å². The summed E-state index contributed by atoms with van der Waals surface area (Å²) in [6, 6.07) is 8.67. The predicted octanol–water partition coefficient (Wildman–Crippen LogP) is 2.38. The Labute approximate surface area is 151 Å². The lowest BCUT2D eigenvalue weighted by atomic mass is 10.1. The Kier molecular flexibility index (Phi) is 7.19. The van der Waals surface area contributed by atoms with Gasteiger partial charge in [-0.2, -0.15) is 0 Å². The van der Waals surface area contributed by atoms with Gasteiger partial charge in [0.25, 0.3) is 0 Å². The van der Waals surface area contributed by atoms with Gasteiger partial charge in [-0.15, -0.1) is 0 Å². The number of rotatable bonds is 8. The van der Waals surface area contributed by atoms with Crippen LogP contribution in [0.15, 0.2) is 36.4 Å². The van der Waals surface area contributed by atoms with Crippen LogP contribution in [0.5, 0.6) is 5.75 Å². The number of nitrogens with two attached hydrogens (primary N) is 1. The smallest absolute Gasteiger partial charge is 0.323 e. The van der Waals surface area contributed by atoms with E-state index in [1.807, 2.05) is 0 Å².